The van der Waals surface area contributed by atoms with Crippen molar-refractivity contribution in [2.45, 2.75) is 20.8 Å². The fourth-order valence-corrected chi connectivity index (χ4v) is 1.25. The van der Waals surface area contributed by atoms with Crippen LogP contribution in [0.25, 0.3) is 0 Å². The van der Waals surface area contributed by atoms with E-state index in [2.05, 4.69) is 4.72 Å². The third-order valence-corrected chi connectivity index (χ3v) is 3.04. The first kappa shape index (κ1) is 12.4. The molecule has 0 amide bonds. The second kappa shape index (κ2) is 4.06. The Morgan fingerprint density at radius 3 is 2.23 bits per heavy atom. The van der Waals surface area contributed by atoms with Crippen molar-refractivity contribution in [3.63, 3.8) is 0 Å². The Morgan fingerprint density at radius 1 is 1.46 bits per heavy atom. The highest BCUT2D eigenvalue weighted by molar-refractivity contribution is 7.89. The van der Waals surface area contributed by atoms with Gasteiger partial charge in [-0.2, -0.15) is 0 Å². The summed E-state index contributed by atoms with van der Waals surface area (Å²) in [5.74, 6) is -1.06. The molecule has 78 valence electrons. The summed E-state index contributed by atoms with van der Waals surface area (Å²) in [5, 5.41) is 8.68. The van der Waals surface area contributed by atoms with Gasteiger partial charge in [0.2, 0.25) is 10.0 Å². The van der Waals surface area contributed by atoms with Gasteiger partial charge in [0, 0.05) is 6.54 Å². The monoisotopic (exact) mass is 209 g/mol. The fraction of sp³-hybridized carbons (Fsp3) is 0.857. The first-order chi connectivity index (χ1) is 5.71. The van der Waals surface area contributed by atoms with E-state index in [4.69, 9.17) is 5.11 Å². The highest BCUT2D eigenvalue weighted by atomic mass is 32.2. The molecule has 0 rings (SSSR count). The number of rotatable bonds is 5. The van der Waals surface area contributed by atoms with E-state index in [-0.39, 0.29) is 12.3 Å². The third kappa shape index (κ3) is 4.23. The van der Waals surface area contributed by atoms with Crippen LogP contribution in [0.2, 0.25) is 0 Å². The number of aliphatic carboxylic acids is 1. The van der Waals surface area contributed by atoms with Crippen molar-refractivity contribution in [2.75, 3.05) is 12.3 Å². The normalized spacial score (nSPS) is 12.8. The van der Waals surface area contributed by atoms with Gasteiger partial charge in [-0.15, -0.1) is 0 Å². The van der Waals surface area contributed by atoms with Crippen LogP contribution in [-0.4, -0.2) is 31.8 Å². The van der Waals surface area contributed by atoms with Gasteiger partial charge in [0.25, 0.3) is 0 Å². The maximum atomic E-state index is 11.0. The average Bonchev–Trinajstić information content (AvgIpc) is 2.01. The number of sulfonamides is 1. The Labute approximate surface area is 78.2 Å². The molecule has 0 aromatic rings. The van der Waals surface area contributed by atoms with Crippen LogP contribution in [0.1, 0.15) is 20.8 Å². The summed E-state index contributed by atoms with van der Waals surface area (Å²) in [6, 6.07) is 0. The molecule has 0 fully saturated rings. The molecular formula is C7H15NO4S. The maximum absolute atomic E-state index is 11.0. The van der Waals surface area contributed by atoms with E-state index in [1.807, 2.05) is 0 Å². The standard InChI is InChI=1S/C7H15NO4S/c1-4-13(11,12)8-5-7(2,3)6(9)10/h8H,4-5H2,1-3H3,(H,9,10). The summed E-state index contributed by atoms with van der Waals surface area (Å²) in [4.78, 5) is 10.6. The zero-order chi connectivity index (χ0) is 10.7. The molecule has 0 aliphatic heterocycles. The van der Waals surface area contributed by atoms with E-state index in [1.54, 1.807) is 0 Å². The molecule has 0 radical (unpaired) electrons. The van der Waals surface area contributed by atoms with Gasteiger partial charge >= 0.3 is 5.97 Å². The van der Waals surface area contributed by atoms with Gasteiger partial charge in [0.15, 0.2) is 0 Å². The van der Waals surface area contributed by atoms with E-state index in [0.29, 0.717) is 0 Å². The molecule has 0 bridgehead atoms. The predicted molar refractivity (Wildman–Crippen MR) is 48.9 cm³/mol. The highest BCUT2D eigenvalue weighted by Crippen LogP contribution is 2.13. The van der Waals surface area contributed by atoms with Crippen LogP contribution in [0, 0.1) is 5.41 Å². The van der Waals surface area contributed by atoms with Gasteiger partial charge < -0.3 is 5.11 Å². The highest BCUT2D eigenvalue weighted by Gasteiger charge is 2.28. The third-order valence-electron chi connectivity index (χ3n) is 1.69. The van der Waals surface area contributed by atoms with Crippen molar-refractivity contribution >= 4 is 16.0 Å². The smallest absolute Gasteiger partial charge is 0.310 e. The topological polar surface area (TPSA) is 83.5 Å². The Balaban J connectivity index is 4.26. The molecule has 0 aliphatic rings. The van der Waals surface area contributed by atoms with Crippen molar-refractivity contribution in [2.24, 2.45) is 5.41 Å². The van der Waals surface area contributed by atoms with Crippen molar-refractivity contribution < 1.29 is 18.3 Å². The molecule has 0 spiro atoms. The van der Waals surface area contributed by atoms with Crippen LogP contribution in [0.15, 0.2) is 0 Å². The summed E-state index contributed by atoms with van der Waals surface area (Å²) >= 11 is 0. The molecular weight excluding hydrogens is 194 g/mol. The Kier molecular flexibility index (Phi) is 3.87. The van der Waals surface area contributed by atoms with Gasteiger partial charge in [0.05, 0.1) is 11.2 Å². The van der Waals surface area contributed by atoms with E-state index in [0.717, 1.165) is 0 Å². The number of hydrogen-bond donors (Lipinski definition) is 2. The van der Waals surface area contributed by atoms with Crippen molar-refractivity contribution in [3.05, 3.63) is 0 Å². The molecule has 2 N–H and O–H groups in total. The van der Waals surface area contributed by atoms with Crippen LogP contribution in [0.3, 0.4) is 0 Å². The van der Waals surface area contributed by atoms with Crippen LogP contribution in [0.5, 0.6) is 0 Å². The molecule has 6 heteroatoms. The van der Waals surface area contributed by atoms with E-state index in [1.165, 1.54) is 20.8 Å². The van der Waals surface area contributed by atoms with Gasteiger partial charge in [-0.3, -0.25) is 4.79 Å². The summed E-state index contributed by atoms with van der Waals surface area (Å²) in [7, 11) is -3.30. The molecule has 0 unspecified atom stereocenters. The minimum Gasteiger partial charge on any atom is -0.481 e. The first-order valence-corrected chi connectivity index (χ1v) is 5.57. The Bertz CT molecular complexity index is 281. The number of nitrogens with one attached hydrogen (secondary N) is 1. The second-order valence-electron chi connectivity index (χ2n) is 3.41. The quantitative estimate of drug-likeness (QED) is 0.669. The van der Waals surface area contributed by atoms with E-state index < -0.39 is 21.4 Å². The fourth-order valence-electron chi connectivity index (χ4n) is 0.468. The first-order valence-electron chi connectivity index (χ1n) is 3.92. The Hall–Kier alpha value is -0.620. The van der Waals surface area contributed by atoms with Gasteiger partial charge in [-0.1, -0.05) is 0 Å². The van der Waals surface area contributed by atoms with Gasteiger partial charge in [0.1, 0.15) is 0 Å². The van der Waals surface area contributed by atoms with Crippen molar-refractivity contribution in [3.8, 4) is 0 Å². The largest absolute Gasteiger partial charge is 0.481 e. The summed E-state index contributed by atoms with van der Waals surface area (Å²) in [5.41, 5.74) is -1.07. The minimum atomic E-state index is -3.30. The maximum Gasteiger partial charge on any atom is 0.310 e. The zero-order valence-electron chi connectivity index (χ0n) is 7.99. The second-order valence-corrected chi connectivity index (χ2v) is 5.51. The van der Waals surface area contributed by atoms with Crippen LogP contribution >= 0.6 is 0 Å². The number of carboxylic acids is 1. The molecule has 0 atom stereocenters. The molecule has 0 aliphatic carbocycles. The van der Waals surface area contributed by atoms with E-state index >= 15 is 0 Å². The molecule has 0 saturated carbocycles. The molecule has 0 aromatic carbocycles. The molecule has 13 heavy (non-hydrogen) atoms. The number of carboxylic acid groups (broad SMARTS) is 1. The van der Waals surface area contributed by atoms with Gasteiger partial charge in [-0.05, 0) is 20.8 Å². The summed E-state index contributed by atoms with van der Waals surface area (Å²) in [6.07, 6.45) is 0. The van der Waals surface area contributed by atoms with Crippen LogP contribution in [-0.2, 0) is 14.8 Å². The van der Waals surface area contributed by atoms with Crippen LogP contribution < -0.4 is 4.72 Å². The molecule has 5 nitrogen and oxygen atoms in total. The lowest BCUT2D eigenvalue weighted by Crippen LogP contribution is -2.39. The summed E-state index contributed by atoms with van der Waals surface area (Å²) in [6.45, 7) is 4.34. The van der Waals surface area contributed by atoms with Crippen molar-refractivity contribution in [1.82, 2.24) is 4.72 Å². The lowest BCUT2D eigenvalue weighted by Gasteiger charge is -2.18. The number of hydrogen-bond acceptors (Lipinski definition) is 3. The predicted octanol–water partition coefficient (Wildman–Crippen LogP) is 0.0365. The lowest BCUT2D eigenvalue weighted by atomic mass is 9.95. The molecule has 0 saturated heterocycles. The molecule has 0 heterocycles. The average molecular weight is 209 g/mol. The van der Waals surface area contributed by atoms with Gasteiger partial charge in [-0.25, -0.2) is 13.1 Å². The summed E-state index contributed by atoms with van der Waals surface area (Å²) < 4.78 is 24.2. The zero-order valence-corrected chi connectivity index (χ0v) is 8.81. The molecule has 0 aromatic heterocycles. The lowest BCUT2D eigenvalue weighted by molar-refractivity contribution is -0.146. The SMILES string of the molecule is CCS(=O)(=O)NCC(C)(C)C(=O)O. The van der Waals surface area contributed by atoms with Crippen LogP contribution in [0.4, 0.5) is 0 Å². The Morgan fingerprint density at radius 2 is 1.92 bits per heavy atom. The van der Waals surface area contributed by atoms with E-state index in [9.17, 15) is 13.2 Å². The van der Waals surface area contributed by atoms with Crippen molar-refractivity contribution in [1.29, 1.82) is 0 Å². The number of carbonyl (C=O) groups is 1. The minimum absolute atomic E-state index is 0.0390.